The van der Waals surface area contributed by atoms with Crippen LogP contribution in [-0.2, 0) is 30.3 Å². The number of hydrogen-bond donors (Lipinski definition) is 1. The molecule has 3 rings (SSSR count). The van der Waals surface area contributed by atoms with Crippen LogP contribution in [0.15, 0.2) is 54.4 Å². The van der Waals surface area contributed by atoms with Gasteiger partial charge in [0.05, 0.1) is 13.8 Å². The predicted molar refractivity (Wildman–Crippen MR) is 176 cm³/mol. The van der Waals surface area contributed by atoms with Crippen molar-refractivity contribution in [3.05, 3.63) is 71.6 Å². The van der Waals surface area contributed by atoms with Crippen LogP contribution in [0.1, 0.15) is 85.3 Å². The Labute approximate surface area is 264 Å². The maximum absolute atomic E-state index is 11.7. The van der Waals surface area contributed by atoms with Crippen molar-refractivity contribution < 1.29 is 30.0 Å². The second-order valence-electron chi connectivity index (χ2n) is 13.0. The normalized spacial score (nSPS) is 12.3. The van der Waals surface area contributed by atoms with Gasteiger partial charge in [-0.25, -0.2) is 0 Å². The molecule has 0 bridgehead atoms. The third-order valence-corrected chi connectivity index (χ3v) is 10.00. The van der Waals surface area contributed by atoms with E-state index in [2.05, 4.69) is 96.0 Å². The number of fused-ring (bicyclic) bond motifs is 1. The number of nitrogens with zero attached hydrogens (tertiary/aromatic N) is 1. The largest absolute Gasteiger partial charge is 0.512 e. The monoisotopic (exact) mass is 751 g/mol. The molecule has 0 atom stereocenters. The maximum Gasteiger partial charge on any atom is 0.162 e. The van der Waals surface area contributed by atoms with Crippen molar-refractivity contribution in [3.8, 4) is 11.3 Å². The zero-order chi connectivity index (χ0) is 30.3. The van der Waals surface area contributed by atoms with Gasteiger partial charge in [-0.2, -0.15) is 0 Å². The molecule has 1 radical (unpaired) electrons. The van der Waals surface area contributed by atoms with E-state index < -0.39 is 8.07 Å². The van der Waals surface area contributed by atoms with Gasteiger partial charge in [-0.05, 0) is 43.2 Å². The van der Waals surface area contributed by atoms with Crippen molar-refractivity contribution >= 4 is 29.8 Å². The van der Waals surface area contributed by atoms with E-state index >= 15 is 0 Å². The minimum atomic E-state index is -1.36. The SMILES string of the molecule is CCC(CC)C(=O)/C=C(\O)C(CC)CC.Cc1cc(-c2[c-]c3ccccc3c(C(C)(C)C)c2)ncc1[Si](C)(C)C.[Ir]. The van der Waals surface area contributed by atoms with Crippen LogP contribution < -0.4 is 5.19 Å². The zero-order valence-electron chi connectivity index (χ0n) is 27.2. The quantitative estimate of drug-likeness (QED) is 0.103. The van der Waals surface area contributed by atoms with Crippen LogP contribution in [0.5, 0.6) is 0 Å². The number of carbonyl (C=O) groups is 1. The molecule has 0 amide bonds. The third-order valence-electron chi connectivity index (χ3n) is 7.86. The Balaban J connectivity index is 0.000000456. The summed E-state index contributed by atoms with van der Waals surface area (Å²) < 4.78 is 0. The smallest absolute Gasteiger partial charge is 0.162 e. The molecule has 0 fully saturated rings. The number of aryl methyl sites for hydroxylation is 1. The van der Waals surface area contributed by atoms with E-state index in [1.807, 2.05) is 27.7 Å². The summed E-state index contributed by atoms with van der Waals surface area (Å²) in [6.07, 6.45) is 7.00. The first kappa shape index (κ1) is 37.0. The van der Waals surface area contributed by atoms with E-state index in [1.165, 1.54) is 33.2 Å². The van der Waals surface area contributed by atoms with E-state index in [0.717, 1.165) is 36.9 Å². The van der Waals surface area contributed by atoms with Gasteiger partial charge in [0.1, 0.15) is 0 Å². The molecule has 41 heavy (non-hydrogen) atoms. The van der Waals surface area contributed by atoms with E-state index in [1.54, 1.807) is 0 Å². The van der Waals surface area contributed by atoms with Crippen molar-refractivity contribution in [1.82, 2.24) is 4.98 Å². The fourth-order valence-corrected chi connectivity index (χ4v) is 6.96. The molecule has 0 aliphatic rings. The number of aromatic nitrogens is 1. The molecule has 0 spiro atoms. The van der Waals surface area contributed by atoms with Crippen LogP contribution in [0.25, 0.3) is 22.0 Å². The van der Waals surface area contributed by atoms with E-state index in [9.17, 15) is 9.90 Å². The molecule has 0 saturated carbocycles. The number of carbonyl (C=O) groups excluding carboxylic acids is 1. The summed E-state index contributed by atoms with van der Waals surface area (Å²) in [5, 5.41) is 13.6. The number of rotatable bonds is 9. The van der Waals surface area contributed by atoms with Crippen LogP contribution in [-0.4, -0.2) is 23.9 Å². The molecular weight excluding hydrogens is 699 g/mol. The van der Waals surface area contributed by atoms with Crippen molar-refractivity contribution in [1.29, 1.82) is 0 Å². The van der Waals surface area contributed by atoms with Crippen LogP contribution in [0, 0.1) is 24.8 Å². The Bertz CT molecular complexity index is 1310. The first-order valence-electron chi connectivity index (χ1n) is 15.0. The Hall–Kier alpha value is -2.07. The molecule has 0 unspecified atom stereocenters. The summed E-state index contributed by atoms with van der Waals surface area (Å²) in [5.74, 6) is 0.547. The van der Waals surface area contributed by atoms with Crippen molar-refractivity contribution in [2.45, 2.75) is 106 Å². The van der Waals surface area contributed by atoms with Crippen LogP contribution in [0.3, 0.4) is 0 Å². The molecule has 1 N–H and O–H groups in total. The number of aliphatic hydroxyl groups excluding tert-OH is 1. The summed E-state index contributed by atoms with van der Waals surface area (Å²) in [6, 6.07) is 16.6. The van der Waals surface area contributed by atoms with Gasteiger partial charge in [-0.15, -0.1) is 29.1 Å². The fourth-order valence-electron chi connectivity index (χ4n) is 5.26. The topological polar surface area (TPSA) is 50.2 Å². The maximum atomic E-state index is 11.7. The van der Waals surface area contributed by atoms with Gasteiger partial charge in [0, 0.05) is 49.9 Å². The summed E-state index contributed by atoms with van der Waals surface area (Å²) in [4.78, 5) is 16.5. The number of benzene rings is 2. The second-order valence-corrected chi connectivity index (χ2v) is 18.1. The van der Waals surface area contributed by atoms with Gasteiger partial charge < -0.3 is 5.11 Å². The van der Waals surface area contributed by atoms with Crippen molar-refractivity contribution in [2.75, 3.05) is 0 Å². The minimum Gasteiger partial charge on any atom is -0.512 e. The van der Waals surface area contributed by atoms with Crippen molar-refractivity contribution in [3.63, 3.8) is 0 Å². The van der Waals surface area contributed by atoms with Gasteiger partial charge >= 0.3 is 0 Å². The van der Waals surface area contributed by atoms with Crippen LogP contribution in [0.4, 0.5) is 0 Å². The number of aliphatic hydroxyl groups is 1. The molecule has 0 aliphatic heterocycles. The molecule has 5 heteroatoms. The number of ketones is 1. The minimum absolute atomic E-state index is 0. The molecule has 2 aromatic carbocycles. The molecule has 1 heterocycles. The van der Waals surface area contributed by atoms with Crippen LogP contribution >= 0.6 is 0 Å². The molecule has 0 aliphatic carbocycles. The van der Waals surface area contributed by atoms with Gasteiger partial charge in [0.15, 0.2) is 5.78 Å². The van der Waals surface area contributed by atoms with Crippen molar-refractivity contribution in [2.24, 2.45) is 11.8 Å². The standard InChI is InChI=1S/C23H28NSi.C13H24O2.Ir/c1-16-12-21(24-15-22(16)25(5,6)7)18-13-17-10-8-9-11-19(17)20(14-18)23(2,3)4;1-5-10(6-2)12(14)9-13(15)11(7-3)8-4;/h8-12,14-15H,1-7H3;9-11,14H,5-8H2,1-4H3;/q-1;;/b;12-9-;. The summed E-state index contributed by atoms with van der Waals surface area (Å²) in [5.41, 5.74) is 4.90. The van der Waals surface area contributed by atoms with Gasteiger partial charge in [-0.1, -0.05) is 109 Å². The molecular formula is C36H52IrNO2Si-. The zero-order valence-corrected chi connectivity index (χ0v) is 30.6. The van der Waals surface area contributed by atoms with Gasteiger partial charge in [-0.3, -0.25) is 9.78 Å². The van der Waals surface area contributed by atoms with Gasteiger partial charge in [0.25, 0.3) is 0 Å². The first-order chi connectivity index (χ1) is 18.7. The molecule has 227 valence electrons. The third kappa shape index (κ3) is 10.0. The summed E-state index contributed by atoms with van der Waals surface area (Å²) in [6.45, 7) is 24.2. The Morgan fingerprint density at radius 1 is 0.976 bits per heavy atom. The number of allylic oxidation sites excluding steroid dienone is 2. The average molecular weight is 751 g/mol. The van der Waals surface area contributed by atoms with E-state index in [4.69, 9.17) is 4.98 Å². The summed E-state index contributed by atoms with van der Waals surface area (Å²) in [7, 11) is -1.36. The average Bonchev–Trinajstić information content (AvgIpc) is 2.88. The summed E-state index contributed by atoms with van der Waals surface area (Å²) >= 11 is 0. The number of pyridine rings is 1. The number of hydrogen-bond acceptors (Lipinski definition) is 3. The van der Waals surface area contributed by atoms with Crippen LogP contribution in [0.2, 0.25) is 19.6 Å². The second kappa shape index (κ2) is 16.0. The Morgan fingerprint density at radius 2 is 1.54 bits per heavy atom. The Morgan fingerprint density at radius 3 is 2.02 bits per heavy atom. The molecule has 0 saturated heterocycles. The van der Waals surface area contributed by atoms with E-state index in [0.29, 0.717) is 0 Å². The van der Waals surface area contributed by atoms with Gasteiger partial charge in [0.2, 0.25) is 0 Å². The Kier molecular flexibility index (Phi) is 14.4. The first-order valence-corrected chi connectivity index (χ1v) is 18.5. The predicted octanol–water partition coefficient (Wildman–Crippen LogP) is 9.72. The molecule has 3 nitrogen and oxygen atoms in total. The van der Waals surface area contributed by atoms with E-state index in [-0.39, 0.29) is 48.9 Å². The fraction of sp³-hybridized carbons (Fsp3) is 0.500. The molecule has 1 aromatic heterocycles. The molecule has 3 aromatic rings.